The van der Waals surface area contributed by atoms with E-state index in [9.17, 15) is 4.79 Å². The molecule has 6 heteroatoms. The molecule has 0 aliphatic rings. The molecule has 5 nitrogen and oxygen atoms in total. The Morgan fingerprint density at radius 1 is 1.29 bits per heavy atom. The highest BCUT2D eigenvalue weighted by Gasteiger charge is 2.13. The number of rotatable bonds is 5. The first-order chi connectivity index (χ1) is 9.97. The van der Waals surface area contributed by atoms with Gasteiger partial charge in [0.05, 0.1) is 5.75 Å². The number of nitrogens with zero attached hydrogens (tertiary/aromatic N) is 3. The molecule has 112 valence electrons. The van der Waals surface area contributed by atoms with Gasteiger partial charge in [-0.2, -0.15) is 0 Å². The third-order valence-corrected chi connectivity index (χ3v) is 3.95. The van der Waals surface area contributed by atoms with Crippen LogP contribution in [0.25, 0.3) is 11.4 Å². The topological polar surface area (TPSA) is 59.8 Å². The molecule has 1 amide bonds. The number of carbonyl (C=O) groups excluding carboxylic acids is 1. The summed E-state index contributed by atoms with van der Waals surface area (Å²) >= 11 is 1.39. The lowest BCUT2D eigenvalue weighted by molar-refractivity contribution is -0.119. The smallest absolute Gasteiger partial charge is 0.230 e. The number of hydrogen-bond acceptors (Lipinski definition) is 4. The zero-order valence-corrected chi connectivity index (χ0v) is 13.6. The summed E-state index contributed by atoms with van der Waals surface area (Å²) in [4.78, 5) is 11.7. The average molecular weight is 304 g/mol. The molecule has 1 aromatic heterocycles. The first kappa shape index (κ1) is 15.6. The Morgan fingerprint density at radius 3 is 2.57 bits per heavy atom. The van der Waals surface area contributed by atoms with Gasteiger partial charge in [-0.1, -0.05) is 41.6 Å². The molecular formula is C15H20N4OS. The van der Waals surface area contributed by atoms with E-state index >= 15 is 0 Å². The molecular weight excluding hydrogens is 284 g/mol. The van der Waals surface area contributed by atoms with E-state index in [1.807, 2.05) is 49.7 Å². The van der Waals surface area contributed by atoms with E-state index in [1.165, 1.54) is 17.3 Å². The molecule has 21 heavy (non-hydrogen) atoms. The highest BCUT2D eigenvalue weighted by molar-refractivity contribution is 7.99. The largest absolute Gasteiger partial charge is 0.353 e. The number of aromatic nitrogens is 3. The molecule has 0 unspecified atom stereocenters. The number of carbonyl (C=O) groups is 1. The molecule has 0 fully saturated rings. The lowest BCUT2D eigenvalue weighted by atomic mass is 10.1. The summed E-state index contributed by atoms with van der Waals surface area (Å²) in [7, 11) is 1.91. The fourth-order valence-corrected chi connectivity index (χ4v) is 2.61. The molecule has 0 aliphatic carbocycles. The molecule has 0 aliphatic heterocycles. The zero-order chi connectivity index (χ0) is 15.4. The van der Waals surface area contributed by atoms with Crippen LogP contribution in [0.15, 0.2) is 29.4 Å². The summed E-state index contributed by atoms with van der Waals surface area (Å²) in [6.07, 6.45) is 0. The van der Waals surface area contributed by atoms with Gasteiger partial charge in [-0.25, -0.2) is 0 Å². The Kier molecular flexibility index (Phi) is 5.01. The normalized spacial score (nSPS) is 10.9. The van der Waals surface area contributed by atoms with Gasteiger partial charge in [0.15, 0.2) is 11.0 Å². The van der Waals surface area contributed by atoms with Gasteiger partial charge >= 0.3 is 0 Å². The Hall–Kier alpha value is -1.82. The molecule has 0 saturated heterocycles. The van der Waals surface area contributed by atoms with Crippen molar-refractivity contribution in [3.63, 3.8) is 0 Å². The Balaban J connectivity index is 2.07. The van der Waals surface area contributed by atoms with Crippen molar-refractivity contribution in [1.29, 1.82) is 0 Å². The third-order valence-electron chi connectivity index (χ3n) is 2.93. The van der Waals surface area contributed by atoms with Gasteiger partial charge in [-0.05, 0) is 20.8 Å². The number of amides is 1. The van der Waals surface area contributed by atoms with E-state index in [4.69, 9.17) is 0 Å². The highest BCUT2D eigenvalue weighted by atomic mass is 32.2. The van der Waals surface area contributed by atoms with Crippen molar-refractivity contribution >= 4 is 17.7 Å². The minimum atomic E-state index is 0.00915. The Labute approximate surface area is 129 Å². The Bertz CT molecular complexity index is 619. The van der Waals surface area contributed by atoms with Crippen molar-refractivity contribution < 1.29 is 4.79 Å². The fraction of sp³-hybridized carbons (Fsp3) is 0.400. The van der Waals surface area contributed by atoms with E-state index in [2.05, 4.69) is 22.4 Å². The summed E-state index contributed by atoms with van der Waals surface area (Å²) in [5.74, 6) is 1.16. The van der Waals surface area contributed by atoms with Crippen LogP contribution in [0.5, 0.6) is 0 Å². The lowest BCUT2D eigenvalue weighted by Crippen LogP contribution is -2.31. The van der Waals surface area contributed by atoms with Gasteiger partial charge in [0.2, 0.25) is 5.91 Å². The van der Waals surface area contributed by atoms with E-state index in [0.29, 0.717) is 5.75 Å². The molecule has 1 aromatic carbocycles. The molecule has 0 atom stereocenters. The summed E-state index contributed by atoms with van der Waals surface area (Å²) < 4.78 is 1.91. The minimum absolute atomic E-state index is 0.00915. The van der Waals surface area contributed by atoms with Gasteiger partial charge in [0, 0.05) is 18.7 Å². The number of nitrogens with one attached hydrogen (secondary N) is 1. The predicted octanol–water partition coefficient (Wildman–Crippen LogP) is 2.41. The first-order valence-corrected chi connectivity index (χ1v) is 7.84. The summed E-state index contributed by atoms with van der Waals surface area (Å²) in [6, 6.07) is 8.30. The van der Waals surface area contributed by atoms with Crippen LogP contribution in [0, 0.1) is 6.92 Å². The summed E-state index contributed by atoms with van der Waals surface area (Å²) in [5.41, 5.74) is 2.23. The SMILES string of the molecule is Cc1ccc(-c2nnc(SCC(=O)NC(C)C)n2C)cc1. The van der Waals surface area contributed by atoms with Crippen molar-refractivity contribution in [2.75, 3.05) is 5.75 Å². The molecule has 1 heterocycles. The van der Waals surface area contributed by atoms with Crippen LogP contribution >= 0.6 is 11.8 Å². The van der Waals surface area contributed by atoms with Gasteiger partial charge in [0.1, 0.15) is 0 Å². The van der Waals surface area contributed by atoms with Crippen molar-refractivity contribution in [1.82, 2.24) is 20.1 Å². The standard InChI is InChI=1S/C15H20N4OS/c1-10(2)16-13(20)9-21-15-18-17-14(19(15)4)12-7-5-11(3)6-8-12/h5-8,10H,9H2,1-4H3,(H,16,20). The maximum atomic E-state index is 11.7. The van der Waals surface area contributed by atoms with Crippen LogP contribution in [-0.2, 0) is 11.8 Å². The molecule has 1 N–H and O–H groups in total. The second-order valence-corrected chi connectivity index (χ2v) is 6.18. The lowest BCUT2D eigenvalue weighted by Gasteiger charge is -2.07. The van der Waals surface area contributed by atoms with Gasteiger partial charge in [-0.15, -0.1) is 10.2 Å². The molecule has 2 aromatic rings. The quantitative estimate of drug-likeness (QED) is 0.862. The second-order valence-electron chi connectivity index (χ2n) is 5.24. The molecule has 0 radical (unpaired) electrons. The molecule has 0 bridgehead atoms. The Morgan fingerprint density at radius 2 is 1.95 bits per heavy atom. The molecule has 2 rings (SSSR count). The molecule has 0 saturated carbocycles. The average Bonchev–Trinajstić information content (AvgIpc) is 2.78. The predicted molar refractivity (Wildman–Crippen MR) is 85.2 cm³/mol. The van der Waals surface area contributed by atoms with E-state index in [-0.39, 0.29) is 11.9 Å². The zero-order valence-electron chi connectivity index (χ0n) is 12.8. The van der Waals surface area contributed by atoms with Crippen LogP contribution in [0.3, 0.4) is 0 Å². The van der Waals surface area contributed by atoms with Crippen LogP contribution in [0.1, 0.15) is 19.4 Å². The fourth-order valence-electron chi connectivity index (χ4n) is 1.89. The van der Waals surface area contributed by atoms with Crippen LogP contribution in [-0.4, -0.2) is 32.5 Å². The van der Waals surface area contributed by atoms with Crippen molar-refractivity contribution in [2.45, 2.75) is 32.0 Å². The number of hydrogen-bond donors (Lipinski definition) is 1. The third kappa shape index (κ3) is 4.07. The number of aryl methyl sites for hydroxylation is 1. The number of thioether (sulfide) groups is 1. The van der Waals surface area contributed by atoms with E-state index in [0.717, 1.165) is 16.5 Å². The van der Waals surface area contributed by atoms with Crippen LogP contribution < -0.4 is 5.32 Å². The monoisotopic (exact) mass is 304 g/mol. The van der Waals surface area contributed by atoms with Crippen LogP contribution in [0.4, 0.5) is 0 Å². The highest BCUT2D eigenvalue weighted by Crippen LogP contribution is 2.22. The van der Waals surface area contributed by atoms with E-state index in [1.54, 1.807) is 0 Å². The summed E-state index contributed by atoms with van der Waals surface area (Å²) in [5, 5.41) is 12.0. The second kappa shape index (κ2) is 6.76. The van der Waals surface area contributed by atoms with Crippen molar-refractivity contribution in [3.05, 3.63) is 29.8 Å². The molecule has 0 spiro atoms. The van der Waals surface area contributed by atoms with Gasteiger partial charge in [-0.3, -0.25) is 4.79 Å². The van der Waals surface area contributed by atoms with Crippen molar-refractivity contribution in [3.8, 4) is 11.4 Å². The maximum absolute atomic E-state index is 11.7. The summed E-state index contributed by atoms with van der Waals surface area (Å²) in [6.45, 7) is 5.94. The van der Waals surface area contributed by atoms with E-state index < -0.39 is 0 Å². The maximum Gasteiger partial charge on any atom is 0.230 e. The minimum Gasteiger partial charge on any atom is -0.353 e. The van der Waals surface area contributed by atoms with Gasteiger partial charge in [0.25, 0.3) is 0 Å². The number of benzene rings is 1. The van der Waals surface area contributed by atoms with Gasteiger partial charge < -0.3 is 9.88 Å². The van der Waals surface area contributed by atoms with Crippen molar-refractivity contribution in [2.24, 2.45) is 7.05 Å². The first-order valence-electron chi connectivity index (χ1n) is 6.86. The van der Waals surface area contributed by atoms with Crippen LogP contribution in [0.2, 0.25) is 0 Å².